The molecule has 1 N–H and O–H groups in total. The Bertz CT molecular complexity index is 610. The zero-order chi connectivity index (χ0) is 15.4. The van der Waals surface area contributed by atoms with Gasteiger partial charge in [0.05, 0.1) is 12.8 Å². The predicted octanol–water partition coefficient (Wildman–Crippen LogP) is 3.28. The van der Waals surface area contributed by atoms with Crippen molar-refractivity contribution in [2.24, 2.45) is 7.05 Å². The van der Waals surface area contributed by atoms with Crippen molar-refractivity contribution in [3.8, 4) is 5.75 Å². The minimum Gasteiger partial charge on any atom is -0.496 e. The second-order valence-electron chi connectivity index (χ2n) is 5.10. The van der Waals surface area contributed by atoms with Gasteiger partial charge in [0.1, 0.15) is 5.75 Å². The Kier molecular flexibility index (Phi) is 5.26. The van der Waals surface area contributed by atoms with E-state index in [0.717, 1.165) is 35.0 Å². The van der Waals surface area contributed by atoms with E-state index < -0.39 is 0 Å². The van der Waals surface area contributed by atoms with Gasteiger partial charge in [-0.25, -0.2) is 0 Å². The molecule has 0 aliphatic rings. The van der Waals surface area contributed by atoms with Crippen LogP contribution in [0.15, 0.2) is 24.3 Å². The molecule has 1 heterocycles. The van der Waals surface area contributed by atoms with Crippen LogP contribution in [-0.2, 0) is 13.5 Å². The minimum absolute atomic E-state index is 0.137. The second-order valence-corrected chi connectivity index (χ2v) is 5.54. The van der Waals surface area contributed by atoms with E-state index in [0.29, 0.717) is 0 Å². The average molecular weight is 308 g/mol. The quantitative estimate of drug-likeness (QED) is 0.890. The van der Waals surface area contributed by atoms with Gasteiger partial charge in [0.25, 0.3) is 0 Å². The summed E-state index contributed by atoms with van der Waals surface area (Å²) in [5.74, 6) is 0.851. The number of nitrogens with zero attached hydrogens (tertiary/aromatic N) is 2. The molecule has 0 bridgehead atoms. The molecule has 0 fully saturated rings. The first kappa shape index (κ1) is 15.9. The van der Waals surface area contributed by atoms with E-state index in [-0.39, 0.29) is 6.04 Å². The van der Waals surface area contributed by atoms with Crippen molar-refractivity contribution < 1.29 is 4.74 Å². The summed E-state index contributed by atoms with van der Waals surface area (Å²) >= 11 is 6.16. The molecule has 5 heteroatoms. The fourth-order valence-corrected chi connectivity index (χ4v) is 2.76. The van der Waals surface area contributed by atoms with Crippen molar-refractivity contribution in [1.82, 2.24) is 15.1 Å². The first-order valence-electron chi connectivity index (χ1n) is 7.11. The topological polar surface area (TPSA) is 39.1 Å². The van der Waals surface area contributed by atoms with E-state index in [1.54, 1.807) is 7.11 Å². The number of halogens is 1. The molecule has 0 saturated carbocycles. The Morgan fingerprint density at radius 3 is 2.71 bits per heavy atom. The van der Waals surface area contributed by atoms with E-state index in [4.69, 9.17) is 16.3 Å². The van der Waals surface area contributed by atoms with E-state index >= 15 is 0 Å². The summed E-state index contributed by atoms with van der Waals surface area (Å²) in [5, 5.41) is 8.63. The largest absolute Gasteiger partial charge is 0.496 e. The first-order chi connectivity index (χ1) is 10.0. The predicted molar refractivity (Wildman–Crippen MR) is 86.1 cm³/mol. The SMILES string of the molecule is CCNC(Cc1cc(C)nn1C)c1cc(Cl)ccc1OC. The van der Waals surface area contributed by atoms with Gasteiger partial charge >= 0.3 is 0 Å². The third-order valence-corrected chi connectivity index (χ3v) is 3.76. The minimum atomic E-state index is 0.137. The Morgan fingerprint density at radius 1 is 1.38 bits per heavy atom. The van der Waals surface area contributed by atoms with Gasteiger partial charge in [0.15, 0.2) is 0 Å². The normalized spacial score (nSPS) is 12.4. The maximum absolute atomic E-state index is 6.16. The van der Waals surface area contributed by atoms with E-state index in [1.807, 2.05) is 36.9 Å². The van der Waals surface area contributed by atoms with Crippen molar-refractivity contribution in [2.45, 2.75) is 26.3 Å². The summed E-state index contributed by atoms with van der Waals surface area (Å²) in [6, 6.07) is 7.98. The lowest BCUT2D eigenvalue weighted by Crippen LogP contribution is -2.24. The Hall–Kier alpha value is -1.52. The molecule has 2 rings (SSSR count). The van der Waals surface area contributed by atoms with Gasteiger partial charge in [-0.3, -0.25) is 4.68 Å². The Labute approximate surface area is 131 Å². The van der Waals surface area contributed by atoms with Crippen LogP contribution in [0.25, 0.3) is 0 Å². The Morgan fingerprint density at radius 2 is 2.14 bits per heavy atom. The van der Waals surface area contributed by atoms with E-state index in [2.05, 4.69) is 23.4 Å². The van der Waals surface area contributed by atoms with Crippen molar-refractivity contribution in [3.63, 3.8) is 0 Å². The number of aryl methyl sites for hydroxylation is 2. The summed E-state index contributed by atoms with van der Waals surface area (Å²) in [4.78, 5) is 0. The number of ether oxygens (including phenoxy) is 1. The molecule has 0 aliphatic carbocycles. The number of nitrogens with one attached hydrogen (secondary N) is 1. The van der Waals surface area contributed by atoms with Crippen LogP contribution in [-0.4, -0.2) is 23.4 Å². The first-order valence-corrected chi connectivity index (χ1v) is 7.49. The van der Waals surface area contributed by atoms with E-state index in [9.17, 15) is 0 Å². The summed E-state index contributed by atoms with van der Waals surface area (Å²) in [6.45, 7) is 4.97. The fourth-order valence-electron chi connectivity index (χ4n) is 2.58. The molecule has 1 aromatic carbocycles. The van der Waals surface area contributed by atoms with Crippen LogP contribution in [0, 0.1) is 6.92 Å². The molecule has 21 heavy (non-hydrogen) atoms. The molecule has 2 aromatic rings. The summed E-state index contributed by atoms with van der Waals surface area (Å²) < 4.78 is 7.41. The zero-order valence-electron chi connectivity index (χ0n) is 13.0. The number of aromatic nitrogens is 2. The number of methoxy groups -OCH3 is 1. The van der Waals surface area contributed by atoms with Crippen LogP contribution in [0.1, 0.15) is 29.9 Å². The van der Waals surface area contributed by atoms with Crippen LogP contribution in [0.3, 0.4) is 0 Å². The summed E-state index contributed by atoms with van der Waals surface area (Å²) in [6.07, 6.45) is 0.835. The molecule has 1 unspecified atom stereocenters. The molecule has 0 radical (unpaired) electrons. The highest BCUT2D eigenvalue weighted by molar-refractivity contribution is 6.30. The maximum atomic E-state index is 6.16. The van der Waals surface area contributed by atoms with Crippen molar-refractivity contribution in [1.29, 1.82) is 0 Å². The number of rotatable bonds is 6. The third kappa shape index (κ3) is 3.77. The van der Waals surface area contributed by atoms with Crippen molar-refractivity contribution in [2.75, 3.05) is 13.7 Å². The number of benzene rings is 1. The maximum Gasteiger partial charge on any atom is 0.123 e. The number of hydrogen-bond acceptors (Lipinski definition) is 3. The van der Waals surface area contributed by atoms with Gasteiger partial charge < -0.3 is 10.1 Å². The van der Waals surface area contributed by atoms with Crippen molar-refractivity contribution >= 4 is 11.6 Å². The highest BCUT2D eigenvalue weighted by atomic mass is 35.5. The van der Waals surface area contributed by atoms with E-state index in [1.165, 1.54) is 5.69 Å². The number of likely N-dealkylation sites (N-methyl/N-ethyl adjacent to an activating group) is 1. The lowest BCUT2D eigenvalue weighted by molar-refractivity contribution is 0.398. The highest BCUT2D eigenvalue weighted by Crippen LogP contribution is 2.30. The van der Waals surface area contributed by atoms with Crippen LogP contribution in [0.4, 0.5) is 0 Å². The molecular formula is C16H22ClN3O. The zero-order valence-corrected chi connectivity index (χ0v) is 13.7. The molecule has 0 spiro atoms. The van der Waals surface area contributed by atoms with Gasteiger partial charge in [0.2, 0.25) is 0 Å². The molecule has 4 nitrogen and oxygen atoms in total. The lowest BCUT2D eigenvalue weighted by atomic mass is 10.0. The second kappa shape index (κ2) is 6.96. The monoisotopic (exact) mass is 307 g/mol. The van der Waals surface area contributed by atoms with Crippen LogP contribution in [0.5, 0.6) is 5.75 Å². The summed E-state index contributed by atoms with van der Waals surface area (Å²) in [7, 11) is 3.66. The molecule has 1 atom stereocenters. The van der Waals surface area contributed by atoms with Gasteiger partial charge in [-0.05, 0) is 37.7 Å². The molecule has 1 aromatic heterocycles. The van der Waals surface area contributed by atoms with Gasteiger partial charge in [-0.15, -0.1) is 0 Å². The molecule has 114 valence electrons. The molecule has 0 aliphatic heterocycles. The number of hydrogen-bond donors (Lipinski definition) is 1. The summed E-state index contributed by atoms with van der Waals surface area (Å²) in [5.41, 5.74) is 3.28. The highest BCUT2D eigenvalue weighted by Gasteiger charge is 2.18. The molecule has 0 amide bonds. The van der Waals surface area contributed by atoms with Gasteiger partial charge in [-0.1, -0.05) is 18.5 Å². The molecular weight excluding hydrogens is 286 g/mol. The standard InChI is InChI=1S/C16H22ClN3O/c1-5-18-15(10-13-8-11(2)19-20(13)3)14-9-12(17)6-7-16(14)21-4/h6-9,15,18H,5,10H2,1-4H3. The van der Waals surface area contributed by atoms with Crippen LogP contribution in [0.2, 0.25) is 5.02 Å². The van der Waals surface area contributed by atoms with Crippen LogP contribution >= 0.6 is 11.6 Å². The lowest BCUT2D eigenvalue weighted by Gasteiger charge is -2.21. The molecule has 0 saturated heterocycles. The third-order valence-electron chi connectivity index (χ3n) is 3.53. The Balaban J connectivity index is 2.34. The smallest absolute Gasteiger partial charge is 0.123 e. The van der Waals surface area contributed by atoms with Crippen molar-refractivity contribution in [3.05, 3.63) is 46.2 Å². The average Bonchev–Trinajstić information content (AvgIpc) is 2.76. The fraction of sp³-hybridized carbons (Fsp3) is 0.438. The van der Waals surface area contributed by atoms with Gasteiger partial charge in [0, 0.05) is 35.8 Å². The van der Waals surface area contributed by atoms with Crippen LogP contribution < -0.4 is 10.1 Å². The van der Waals surface area contributed by atoms with Gasteiger partial charge in [-0.2, -0.15) is 5.10 Å².